The summed E-state index contributed by atoms with van der Waals surface area (Å²) in [6.45, 7) is 2.65. The van der Waals surface area contributed by atoms with Crippen molar-refractivity contribution < 1.29 is 19.8 Å². The minimum atomic E-state index is -2.03. The van der Waals surface area contributed by atoms with Crippen molar-refractivity contribution in [1.82, 2.24) is 15.1 Å². The average molecular weight is 378 g/mol. The second-order valence-electron chi connectivity index (χ2n) is 6.82. The Kier molecular flexibility index (Phi) is 4.77. The Bertz CT molecular complexity index is 871. The second-order valence-corrected chi connectivity index (χ2v) is 7.23. The average Bonchev–Trinajstić information content (AvgIpc) is 3.33. The summed E-state index contributed by atoms with van der Waals surface area (Å²) >= 11 is 6.21. The number of aliphatic hydroxyl groups is 1. The van der Waals surface area contributed by atoms with Crippen LogP contribution in [0, 0.1) is 6.92 Å². The molecule has 1 unspecified atom stereocenters. The molecule has 0 aliphatic heterocycles. The van der Waals surface area contributed by atoms with Gasteiger partial charge in [-0.25, -0.2) is 9.48 Å². The summed E-state index contributed by atoms with van der Waals surface area (Å²) in [6.07, 6.45) is 3.38. The quantitative estimate of drug-likeness (QED) is 0.716. The van der Waals surface area contributed by atoms with Gasteiger partial charge in [-0.2, -0.15) is 5.10 Å². The first-order valence-corrected chi connectivity index (χ1v) is 8.67. The van der Waals surface area contributed by atoms with E-state index in [0.29, 0.717) is 10.6 Å². The van der Waals surface area contributed by atoms with Crippen LogP contribution >= 0.6 is 11.6 Å². The lowest BCUT2D eigenvalue weighted by Crippen LogP contribution is -2.46. The van der Waals surface area contributed by atoms with E-state index in [2.05, 4.69) is 10.4 Å². The van der Waals surface area contributed by atoms with E-state index < -0.39 is 24.0 Å². The fourth-order valence-corrected chi connectivity index (χ4v) is 2.80. The Balaban J connectivity index is 1.89. The lowest BCUT2D eigenvalue weighted by Gasteiger charge is -2.18. The lowest BCUT2D eigenvalue weighted by molar-refractivity contribution is -0.155. The van der Waals surface area contributed by atoms with Gasteiger partial charge in [0.2, 0.25) is 0 Å². The predicted molar refractivity (Wildman–Crippen MR) is 95.9 cm³/mol. The van der Waals surface area contributed by atoms with Gasteiger partial charge in [0.15, 0.2) is 5.60 Å². The number of aromatic nitrogens is 2. The Morgan fingerprint density at radius 1 is 1.42 bits per heavy atom. The summed E-state index contributed by atoms with van der Waals surface area (Å²) in [6, 6.07) is 5.57. The number of aliphatic carboxylic acids is 1. The van der Waals surface area contributed by atoms with Gasteiger partial charge in [0.25, 0.3) is 5.91 Å². The summed E-state index contributed by atoms with van der Waals surface area (Å²) in [5, 5.41) is 26.1. The van der Waals surface area contributed by atoms with Crippen molar-refractivity contribution in [3.8, 4) is 5.69 Å². The number of rotatable bonds is 6. The molecule has 1 heterocycles. The van der Waals surface area contributed by atoms with Crippen molar-refractivity contribution in [1.29, 1.82) is 0 Å². The molecule has 3 rings (SSSR count). The predicted octanol–water partition coefficient (Wildman–Crippen LogP) is 2.28. The standard InChI is InChI=1S/C18H20ClN3O4/c1-10-3-6-12(7-14(10)19)22-15(11-4-5-11)13(8-21-22)16(23)20-9-18(2,26)17(24)25/h3,6-8,11,26H,4-5,9H2,1-2H3,(H,20,23)(H,24,25). The Morgan fingerprint density at radius 3 is 2.69 bits per heavy atom. The van der Waals surface area contributed by atoms with E-state index in [1.165, 1.54) is 6.20 Å². The fraction of sp³-hybridized carbons (Fsp3) is 0.389. The number of carbonyl (C=O) groups is 2. The maximum atomic E-state index is 12.5. The smallest absolute Gasteiger partial charge is 0.337 e. The molecule has 3 N–H and O–H groups in total. The molecule has 138 valence electrons. The van der Waals surface area contributed by atoms with Gasteiger partial charge in [0, 0.05) is 10.9 Å². The van der Waals surface area contributed by atoms with E-state index in [9.17, 15) is 14.7 Å². The number of hydrogen-bond donors (Lipinski definition) is 3. The number of nitrogens with one attached hydrogen (secondary N) is 1. The highest BCUT2D eigenvalue weighted by molar-refractivity contribution is 6.31. The van der Waals surface area contributed by atoms with Crippen LogP contribution in [0.2, 0.25) is 5.02 Å². The highest BCUT2D eigenvalue weighted by atomic mass is 35.5. The summed E-state index contributed by atoms with van der Waals surface area (Å²) in [5.41, 5.74) is 0.835. The number of carbonyl (C=O) groups excluding carboxylic acids is 1. The molecule has 1 aliphatic rings. The van der Waals surface area contributed by atoms with Crippen molar-refractivity contribution in [3.63, 3.8) is 0 Å². The molecular weight excluding hydrogens is 358 g/mol. The third-order valence-electron chi connectivity index (χ3n) is 4.47. The second kappa shape index (κ2) is 6.74. The molecule has 26 heavy (non-hydrogen) atoms. The number of carboxylic acids is 1. The molecule has 1 aromatic carbocycles. The Labute approximate surface area is 155 Å². The molecule has 0 bridgehead atoms. The zero-order valence-corrected chi connectivity index (χ0v) is 15.2. The van der Waals surface area contributed by atoms with Crippen LogP contribution in [-0.4, -0.2) is 44.0 Å². The summed E-state index contributed by atoms with van der Waals surface area (Å²) in [5.74, 6) is -1.64. The maximum absolute atomic E-state index is 12.5. The van der Waals surface area contributed by atoms with Crippen molar-refractivity contribution in [2.45, 2.75) is 38.2 Å². The largest absolute Gasteiger partial charge is 0.479 e. The maximum Gasteiger partial charge on any atom is 0.337 e. The minimum Gasteiger partial charge on any atom is -0.479 e. The fourth-order valence-electron chi connectivity index (χ4n) is 2.62. The van der Waals surface area contributed by atoms with Gasteiger partial charge in [0.05, 0.1) is 29.7 Å². The molecule has 1 atom stereocenters. The summed E-state index contributed by atoms with van der Waals surface area (Å²) in [7, 11) is 0. The molecule has 8 heteroatoms. The molecule has 7 nitrogen and oxygen atoms in total. The molecule has 0 spiro atoms. The van der Waals surface area contributed by atoms with Crippen LogP contribution < -0.4 is 5.32 Å². The number of nitrogens with zero attached hydrogens (tertiary/aromatic N) is 2. The Hall–Kier alpha value is -2.38. The van der Waals surface area contributed by atoms with E-state index in [4.69, 9.17) is 16.7 Å². The monoisotopic (exact) mass is 377 g/mol. The molecule has 1 aromatic heterocycles. The van der Waals surface area contributed by atoms with Gasteiger partial charge in [-0.1, -0.05) is 17.7 Å². The third kappa shape index (κ3) is 3.59. The first-order chi connectivity index (χ1) is 12.2. The topological polar surface area (TPSA) is 104 Å². The van der Waals surface area contributed by atoms with Gasteiger partial charge in [-0.3, -0.25) is 4.79 Å². The molecule has 1 aliphatic carbocycles. The normalized spacial score (nSPS) is 16.2. The van der Waals surface area contributed by atoms with Crippen LogP contribution in [0.25, 0.3) is 5.69 Å². The zero-order valence-electron chi connectivity index (χ0n) is 14.5. The summed E-state index contributed by atoms with van der Waals surface area (Å²) < 4.78 is 1.70. The van der Waals surface area contributed by atoms with E-state index in [-0.39, 0.29) is 5.92 Å². The van der Waals surface area contributed by atoms with Crippen LogP contribution in [0.5, 0.6) is 0 Å². The van der Waals surface area contributed by atoms with E-state index in [0.717, 1.165) is 36.7 Å². The number of amides is 1. The lowest BCUT2D eigenvalue weighted by atomic mass is 10.1. The SMILES string of the molecule is Cc1ccc(-n2ncc(C(=O)NCC(C)(O)C(=O)O)c2C2CC2)cc1Cl. The van der Waals surface area contributed by atoms with Crippen molar-refractivity contribution in [2.75, 3.05) is 6.54 Å². The number of benzene rings is 1. The highest BCUT2D eigenvalue weighted by Gasteiger charge is 2.35. The van der Waals surface area contributed by atoms with Crippen molar-refractivity contribution >= 4 is 23.5 Å². The molecule has 1 saturated carbocycles. The minimum absolute atomic E-state index is 0.221. The molecular formula is C18H20ClN3O4. The van der Waals surface area contributed by atoms with Gasteiger partial charge >= 0.3 is 5.97 Å². The highest BCUT2D eigenvalue weighted by Crippen LogP contribution is 2.42. The molecule has 1 amide bonds. The van der Waals surface area contributed by atoms with Gasteiger partial charge < -0.3 is 15.5 Å². The first kappa shape index (κ1) is 18.4. The zero-order chi connectivity index (χ0) is 19.1. The van der Waals surface area contributed by atoms with Crippen molar-refractivity contribution in [3.05, 3.63) is 46.2 Å². The van der Waals surface area contributed by atoms with Gasteiger partial charge in [-0.05, 0) is 44.4 Å². The van der Waals surface area contributed by atoms with Crippen LogP contribution in [0.1, 0.15) is 47.3 Å². The van der Waals surface area contributed by atoms with Crippen LogP contribution in [0.15, 0.2) is 24.4 Å². The van der Waals surface area contributed by atoms with E-state index in [1.54, 1.807) is 10.7 Å². The number of halogens is 1. The van der Waals surface area contributed by atoms with E-state index in [1.807, 2.05) is 19.1 Å². The van der Waals surface area contributed by atoms with Gasteiger partial charge in [-0.15, -0.1) is 0 Å². The van der Waals surface area contributed by atoms with Crippen LogP contribution in [0.3, 0.4) is 0 Å². The third-order valence-corrected chi connectivity index (χ3v) is 4.88. The molecule has 1 fully saturated rings. The number of aryl methyl sites for hydroxylation is 1. The van der Waals surface area contributed by atoms with Gasteiger partial charge in [0.1, 0.15) is 0 Å². The number of hydrogen-bond acceptors (Lipinski definition) is 4. The van der Waals surface area contributed by atoms with Crippen LogP contribution in [0.4, 0.5) is 0 Å². The first-order valence-electron chi connectivity index (χ1n) is 8.29. The molecule has 0 radical (unpaired) electrons. The van der Waals surface area contributed by atoms with Crippen LogP contribution in [-0.2, 0) is 4.79 Å². The molecule has 0 saturated heterocycles. The van der Waals surface area contributed by atoms with E-state index >= 15 is 0 Å². The summed E-state index contributed by atoms with van der Waals surface area (Å²) in [4.78, 5) is 23.5. The Morgan fingerprint density at radius 2 is 2.12 bits per heavy atom. The molecule has 2 aromatic rings. The van der Waals surface area contributed by atoms with Crippen molar-refractivity contribution in [2.24, 2.45) is 0 Å². The number of carboxylic acid groups (broad SMARTS) is 1.